The van der Waals surface area contributed by atoms with Gasteiger partial charge in [-0.2, -0.15) is 0 Å². The van der Waals surface area contributed by atoms with E-state index in [1.165, 1.54) is 12.0 Å². The second-order valence-corrected chi connectivity index (χ2v) is 9.50. The molecule has 0 aliphatic carbocycles. The Kier molecular flexibility index (Phi) is 7.91. The average molecular weight is 547 g/mol. The lowest BCUT2D eigenvalue weighted by atomic mass is 10.1. The summed E-state index contributed by atoms with van der Waals surface area (Å²) in [7, 11) is 1.50. The molecule has 2 aliphatic heterocycles. The Balaban J connectivity index is 1.43. The van der Waals surface area contributed by atoms with Crippen molar-refractivity contribution in [3.05, 3.63) is 63.0 Å². The summed E-state index contributed by atoms with van der Waals surface area (Å²) in [4.78, 5) is 40.9. The van der Waals surface area contributed by atoms with Gasteiger partial charge in [0.1, 0.15) is 0 Å². The Morgan fingerprint density at radius 3 is 2.68 bits per heavy atom. The molecule has 2 saturated heterocycles. The molecule has 2 aliphatic rings. The number of methoxy groups -OCH3 is 1. The Bertz CT molecular complexity index is 1130. The van der Waals surface area contributed by atoms with Crippen LogP contribution in [0.4, 0.5) is 4.79 Å². The summed E-state index contributed by atoms with van der Waals surface area (Å²) in [5, 5.41) is -0.315. The first-order valence-electron chi connectivity index (χ1n) is 10.6. The van der Waals surface area contributed by atoms with Crippen molar-refractivity contribution in [2.45, 2.75) is 6.54 Å². The van der Waals surface area contributed by atoms with Crippen molar-refractivity contribution in [2.75, 3.05) is 40.0 Å². The minimum atomic E-state index is -0.342. The Labute approximate surface area is 210 Å². The average Bonchev–Trinajstić information content (AvgIpc) is 3.10. The van der Waals surface area contributed by atoms with Crippen LogP contribution in [0.5, 0.6) is 11.5 Å². The highest BCUT2D eigenvalue weighted by Gasteiger charge is 2.35. The maximum atomic E-state index is 12.9. The lowest BCUT2D eigenvalue weighted by molar-refractivity contribution is -0.137. The third-order valence-electron chi connectivity index (χ3n) is 5.30. The molecular formula is C24H23BrN2O6S. The molecule has 10 heteroatoms. The quantitative estimate of drug-likeness (QED) is 0.486. The molecule has 0 saturated carbocycles. The minimum Gasteiger partial charge on any atom is -0.493 e. The molecule has 0 atom stereocenters. The van der Waals surface area contributed by atoms with E-state index in [1.807, 2.05) is 24.3 Å². The zero-order valence-corrected chi connectivity index (χ0v) is 20.9. The fourth-order valence-electron chi connectivity index (χ4n) is 3.54. The largest absolute Gasteiger partial charge is 0.493 e. The maximum absolute atomic E-state index is 12.9. The molecule has 0 unspecified atom stereocenters. The lowest BCUT2D eigenvalue weighted by Crippen LogP contribution is -2.43. The van der Waals surface area contributed by atoms with Gasteiger partial charge in [-0.25, -0.2) is 0 Å². The molecule has 2 fully saturated rings. The van der Waals surface area contributed by atoms with Gasteiger partial charge >= 0.3 is 0 Å². The van der Waals surface area contributed by atoms with Crippen LogP contribution in [0.15, 0.2) is 51.8 Å². The van der Waals surface area contributed by atoms with Crippen molar-refractivity contribution in [3.63, 3.8) is 0 Å². The van der Waals surface area contributed by atoms with Crippen LogP contribution in [-0.2, 0) is 20.9 Å². The van der Waals surface area contributed by atoms with Crippen LogP contribution in [0.1, 0.15) is 11.1 Å². The highest BCUT2D eigenvalue weighted by molar-refractivity contribution is 9.10. The summed E-state index contributed by atoms with van der Waals surface area (Å²) in [5.41, 5.74) is 1.53. The molecule has 34 heavy (non-hydrogen) atoms. The normalized spacial score (nSPS) is 17.4. The molecule has 0 spiro atoms. The Morgan fingerprint density at radius 2 is 1.94 bits per heavy atom. The molecule has 178 valence electrons. The third-order valence-corrected chi connectivity index (χ3v) is 6.70. The summed E-state index contributed by atoms with van der Waals surface area (Å²) >= 11 is 4.31. The number of imide groups is 1. The van der Waals surface area contributed by atoms with Crippen LogP contribution in [0, 0.1) is 0 Å². The van der Waals surface area contributed by atoms with Crippen LogP contribution in [0.2, 0.25) is 0 Å². The van der Waals surface area contributed by atoms with Crippen LogP contribution in [-0.4, -0.2) is 66.9 Å². The van der Waals surface area contributed by atoms with E-state index in [4.69, 9.17) is 14.2 Å². The number of thioether (sulfide) groups is 1. The molecular weight excluding hydrogens is 524 g/mol. The minimum absolute atomic E-state index is 0.107. The van der Waals surface area contributed by atoms with E-state index in [2.05, 4.69) is 15.9 Å². The van der Waals surface area contributed by atoms with Gasteiger partial charge in [0.2, 0.25) is 0 Å². The summed E-state index contributed by atoms with van der Waals surface area (Å²) in [6, 6.07) is 12.6. The van der Waals surface area contributed by atoms with E-state index in [1.54, 1.807) is 29.2 Å². The molecule has 0 N–H and O–H groups in total. The van der Waals surface area contributed by atoms with Crippen molar-refractivity contribution in [2.24, 2.45) is 0 Å². The van der Waals surface area contributed by atoms with Gasteiger partial charge in [0.05, 0.1) is 31.8 Å². The monoisotopic (exact) mass is 546 g/mol. The number of hydrogen-bond acceptors (Lipinski definition) is 7. The molecule has 3 amide bonds. The topological polar surface area (TPSA) is 85.4 Å². The van der Waals surface area contributed by atoms with Gasteiger partial charge in [0, 0.05) is 17.6 Å². The number of hydrogen-bond donors (Lipinski definition) is 0. The molecule has 0 radical (unpaired) electrons. The number of morpholine rings is 1. The van der Waals surface area contributed by atoms with E-state index in [9.17, 15) is 14.4 Å². The second-order valence-electron chi connectivity index (χ2n) is 7.59. The summed E-state index contributed by atoms with van der Waals surface area (Å²) in [5.74, 6) is 0.389. The molecule has 0 bridgehead atoms. The van der Waals surface area contributed by atoms with E-state index in [0.29, 0.717) is 48.3 Å². The van der Waals surface area contributed by atoms with Gasteiger partial charge in [0.25, 0.3) is 17.1 Å². The number of benzene rings is 2. The number of carbonyl (C=O) groups is 3. The second kappa shape index (κ2) is 11.1. The van der Waals surface area contributed by atoms with Gasteiger partial charge in [0.15, 0.2) is 18.1 Å². The predicted octanol–water partition coefficient (Wildman–Crippen LogP) is 3.93. The van der Waals surface area contributed by atoms with Crippen molar-refractivity contribution in [3.8, 4) is 11.5 Å². The zero-order chi connectivity index (χ0) is 24.1. The molecule has 2 heterocycles. The number of ether oxygens (including phenoxy) is 3. The predicted molar refractivity (Wildman–Crippen MR) is 132 cm³/mol. The SMILES string of the molecule is COc1cc(/C=C2\SC(=O)N(Cc3cccc(Br)c3)C2=O)ccc1OCC(=O)N1CCOCC1. The first-order chi connectivity index (χ1) is 16.4. The first-order valence-corrected chi connectivity index (χ1v) is 12.2. The standard InChI is InChI=1S/C24H23BrN2O6S/c1-31-20-12-16(5-6-19(20)33-15-22(28)26-7-9-32-10-8-26)13-21-23(29)27(24(30)34-21)14-17-3-2-4-18(25)11-17/h2-6,11-13H,7-10,14-15H2,1H3/b21-13-. The van der Waals surface area contributed by atoms with Crippen molar-refractivity contribution >= 4 is 50.8 Å². The van der Waals surface area contributed by atoms with Crippen LogP contribution in [0.3, 0.4) is 0 Å². The number of carbonyl (C=O) groups excluding carboxylic acids is 3. The van der Waals surface area contributed by atoms with Gasteiger partial charge in [-0.05, 0) is 53.2 Å². The third kappa shape index (κ3) is 5.81. The van der Waals surface area contributed by atoms with Gasteiger partial charge in [-0.1, -0.05) is 34.1 Å². The van der Waals surface area contributed by atoms with E-state index in [-0.39, 0.29) is 30.2 Å². The van der Waals surface area contributed by atoms with Gasteiger partial charge in [-0.3, -0.25) is 19.3 Å². The molecule has 4 rings (SSSR count). The van der Waals surface area contributed by atoms with Crippen LogP contribution in [0.25, 0.3) is 6.08 Å². The fourth-order valence-corrected chi connectivity index (χ4v) is 4.83. The highest BCUT2D eigenvalue weighted by atomic mass is 79.9. The smallest absolute Gasteiger partial charge is 0.293 e. The van der Waals surface area contributed by atoms with E-state index >= 15 is 0 Å². The van der Waals surface area contributed by atoms with Crippen LogP contribution >= 0.6 is 27.7 Å². The zero-order valence-electron chi connectivity index (χ0n) is 18.5. The summed E-state index contributed by atoms with van der Waals surface area (Å²) < 4.78 is 17.2. The van der Waals surface area contributed by atoms with Crippen molar-refractivity contribution in [1.82, 2.24) is 9.80 Å². The number of amides is 3. The number of nitrogens with zero attached hydrogens (tertiary/aromatic N) is 2. The molecule has 8 nitrogen and oxygen atoms in total. The van der Waals surface area contributed by atoms with E-state index < -0.39 is 0 Å². The van der Waals surface area contributed by atoms with E-state index in [0.717, 1.165) is 21.8 Å². The summed E-state index contributed by atoms with van der Waals surface area (Å²) in [6.45, 7) is 2.25. The fraction of sp³-hybridized carbons (Fsp3) is 0.292. The molecule has 0 aromatic heterocycles. The summed E-state index contributed by atoms with van der Waals surface area (Å²) in [6.07, 6.45) is 1.65. The first kappa shape index (κ1) is 24.3. The van der Waals surface area contributed by atoms with Crippen LogP contribution < -0.4 is 9.47 Å². The lowest BCUT2D eigenvalue weighted by Gasteiger charge is -2.26. The maximum Gasteiger partial charge on any atom is 0.293 e. The molecule has 2 aromatic carbocycles. The van der Waals surface area contributed by atoms with Crippen molar-refractivity contribution < 1.29 is 28.6 Å². The number of halogens is 1. The van der Waals surface area contributed by atoms with Crippen molar-refractivity contribution in [1.29, 1.82) is 0 Å². The number of rotatable bonds is 7. The van der Waals surface area contributed by atoms with Gasteiger partial charge < -0.3 is 19.1 Å². The molecule has 2 aromatic rings. The Morgan fingerprint density at radius 1 is 1.15 bits per heavy atom. The highest BCUT2D eigenvalue weighted by Crippen LogP contribution is 2.35. The van der Waals surface area contributed by atoms with Gasteiger partial charge in [-0.15, -0.1) is 0 Å². The Hall–Kier alpha value is -2.82.